The van der Waals surface area contributed by atoms with Gasteiger partial charge in [0.1, 0.15) is 6.07 Å². The van der Waals surface area contributed by atoms with Crippen LogP contribution in [0.2, 0.25) is 0 Å². The van der Waals surface area contributed by atoms with Gasteiger partial charge in [0.05, 0.1) is 45.5 Å². The summed E-state index contributed by atoms with van der Waals surface area (Å²) in [5, 5.41) is 38.2. The second kappa shape index (κ2) is 11.9. The topological polar surface area (TPSA) is 76.3 Å². The smallest absolute Gasteiger partial charge is 0.101 e. The number of benzene rings is 8. The molecule has 0 unspecified atom stereocenters. The Bertz CT molecular complexity index is 2860. The van der Waals surface area contributed by atoms with Crippen molar-refractivity contribution < 1.29 is 0 Å². The van der Waals surface area contributed by atoms with Gasteiger partial charge in [-0.3, -0.25) is 0 Å². The van der Waals surface area contributed by atoms with E-state index in [1.165, 1.54) is 0 Å². The Morgan fingerprint density at radius 1 is 0.333 bits per heavy atom. The van der Waals surface area contributed by atoms with Crippen molar-refractivity contribution in [2.24, 2.45) is 0 Å². The Hall–Kier alpha value is -7.45. The first-order valence-corrected chi connectivity index (χ1v) is 16.7. The summed E-state index contributed by atoms with van der Waals surface area (Å²) < 4.78 is 2.11. The van der Waals surface area contributed by atoms with Gasteiger partial charge >= 0.3 is 0 Å². The molecule has 0 fully saturated rings. The minimum absolute atomic E-state index is 0.373. The van der Waals surface area contributed by atoms with Crippen LogP contribution in [0, 0.1) is 34.0 Å². The summed E-state index contributed by atoms with van der Waals surface area (Å²) in [7, 11) is 0. The van der Waals surface area contributed by atoms with E-state index in [1.54, 1.807) is 6.07 Å². The average Bonchev–Trinajstić information content (AvgIpc) is 3.53. The van der Waals surface area contributed by atoms with Gasteiger partial charge in [-0.25, -0.2) is 0 Å². The van der Waals surface area contributed by atoms with E-state index in [0.717, 1.165) is 71.3 Å². The number of nitrogens with zero attached hydrogens (tertiary/aromatic N) is 4. The molecule has 0 aliphatic rings. The van der Waals surface area contributed by atoms with Crippen LogP contribution in [0.25, 0.3) is 82.4 Å². The Kier molecular flexibility index (Phi) is 6.93. The minimum Gasteiger partial charge on any atom is -0.308 e. The Morgan fingerprint density at radius 2 is 0.745 bits per heavy atom. The molecule has 0 bridgehead atoms. The van der Waals surface area contributed by atoms with Gasteiger partial charge in [-0.15, -0.1) is 0 Å². The highest BCUT2D eigenvalue weighted by molar-refractivity contribution is 6.21. The maximum absolute atomic E-state index is 10.6. The molecule has 4 heteroatoms. The molecule has 0 radical (unpaired) electrons. The zero-order valence-corrected chi connectivity index (χ0v) is 27.3. The summed E-state index contributed by atoms with van der Waals surface area (Å²) in [5.74, 6) is 0. The van der Waals surface area contributed by atoms with E-state index >= 15 is 0 Å². The number of para-hydroxylation sites is 2. The molecule has 0 saturated carbocycles. The second-order valence-electron chi connectivity index (χ2n) is 12.6. The number of fused-ring (bicyclic) bond motifs is 5. The van der Waals surface area contributed by atoms with Crippen LogP contribution >= 0.6 is 0 Å². The van der Waals surface area contributed by atoms with E-state index in [1.807, 2.05) is 78.9 Å². The fourth-order valence-corrected chi connectivity index (χ4v) is 7.79. The molecule has 4 nitrogen and oxygen atoms in total. The van der Waals surface area contributed by atoms with E-state index < -0.39 is 0 Å². The molecular formula is C47H26N4. The standard InChI is InChI=1S/C47H26N4/c48-27-33-24-31(22-23-42(33)51-43-20-10-8-14-36(43)37-15-9-11-21-44(37)51)45-34(28-49)25-32(26-35(45)29-50)47-40-18-6-4-16-38(40)46(30-12-2-1-3-13-30)39-17-5-7-19-41(39)47/h1-26H. The zero-order chi connectivity index (χ0) is 34.5. The van der Waals surface area contributed by atoms with Gasteiger partial charge in [0.25, 0.3) is 0 Å². The fraction of sp³-hybridized carbons (Fsp3) is 0. The van der Waals surface area contributed by atoms with Crippen molar-refractivity contribution >= 4 is 43.4 Å². The first kappa shape index (κ1) is 29.7. The van der Waals surface area contributed by atoms with Crippen LogP contribution in [0.15, 0.2) is 158 Å². The normalized spacial score (nSPS) is 11.1. The summed E-state index contributed by atoms with van der Waals surface area (Å²) in [6, 6.07) is 60.0. The molecule has 0 aliphatic carbocycles. The van der Waals surface area contributed by atoms with Gasteiger partial charge in [-0.1, -0.05) is 121 Å². The van der Waals surface area contributed by atoms with Crippen LogP contribution in [0.4, 0.5) is 0 Å². The maximum atomic E-state index is 10.6. The molecule has 1 heterocycles. The lowest BCUT2D eigenvalue weighted by Crippen LogP contribution is -1.99. The first-order chi connectivity index (χ1) is 25.2. The minimum atomic E-state index is 0.373. The van der Waals surface area contributed by atoms with Crippen LogP contribution in [-0.2, 0) is 0 Å². The third-order valence-corrected chi connectivity index (χ3v) is 9.89. The highest BCUT2D eigenvalue weighted by Gasteiger charge is 2.21. The van der Waals surface area contributed by atoms with Crippen molar-refractivity contribution in [3.05, 3.63) is 174 Å². The highest BCUT2D eigenvalue weighted by atomic mass is 15.0. The molecule has 0 atom stereocenters. The van der Waals surface area contributed by atoms with E-state index in [0.29, 0.717) is 27.8 Å². The molecule has 9 aromatic rings. The first-order valence-electron chi connectivity index (χ1n) is 16.7. The molecule has 8 aromatic carbocycles. The van der Waals surface area contributed by atoms with Gasteiger partial charge in [0, 0.05) is 16.3 Å². The summed E-state index contributed by atoms with van der Waals surface area (Å²) >= 11 is 0. The lowest BCUT2D eigenvalue weighted by molar-refractivity contribution is 1.17. The fourth-order valence-electron chi connectivity index (χ4n) is 7.79. The Labute approximate surface area is 294 Å². The summed E-state index contributed by atoms with van der Waals surface area (Å²) in [6.45, 7) is 0. The molecule has 0 N–H and O–H groups in total. The molecule has 1 aromatic heterocycles. The number of aromatic nitrogens is 1. The van der Waals surface area contributed by atoms with Crippen molar-refractivity contribution in [2.45, 2.75) is 0 Å². The second-order valence-corrected chi connectivity index (χ2v) is 12.6. The molecule has 0 amide bonds. The van der Waals surface area contributed by atoms with Gasteiger partial charge in [0.15, 0.2) is 0 Å². The van der Waals surface area contributed by atoms with Crippen molar-refractivity contribution in [1.82, 2.24) is 4.57 Å². The monoisotopic (exact) mass is 646 g/mol. The van der Waals surface area contributed by atoms with Crippen LogP contribution in [-0.4, -0.2) is 4.57 Å². The van der Waals surface area contributed by atoms with Crippen molar-refractivity contribution in [1.29, 1.82) is 15.8 Å². The number of hydrogen-bond acceptors (Lipinski definition) is 3. The van der Waals surface area contributed by atoms with Crippen molar-refractivity contribution in [3.8, 4) is 57.3 Å². The summed E-state index contributed by atoms with van der Waals surface area (Å²) in [5.41, 5.74) is 9.13. The lowest BCUT2D eigenvalue weighted by atomic mass is 9.84. The molecular weight excluding hydrogens is 621 g/mol. The Balaban J connectivity index is 1.26. The summed E-state index contributed by atoms with van der Waals surface area (Å²) in [4.78, 5) is 0. The third-order valence-electron chi connectivity index (χ3n) is 9.89. The van der Waals surface area contributed by atoms with E-state index in [2.05, 4.69) is 95.6 Å². The molecule has 51 heavy (non-hydrogen) atoms. The predicted octanol–water partition coefficient (Wildman–Crippen LogP) is 11.7. The van der Waals surface area contributed by atoms with E-state index in [4.69, 9.17) is 0 Å². The number of rotatable bonds is 4. The number of hydrogen-bond donors (Lipinski definition) is 0. The maximum Gasteiger partial charge on any atom is 0.101 e. The van der Waals surface area contributed by atoms with Crippen LogP contribution in [0.3, 0.4) is 0 Å². The Morgan fingerprint density at radius 3 is 1.24 bits per heavy atom. The molecule has 0 spiro atoms. The van der Waals surface area contributed by atoms with Crippen molar-refractivity contribution in [3.63, 3.8) is 0 Å². The van der Waals surface area contributed by atoms with Crippen LogP contribution in [0.1, 0.15) is 16.7 Å². The third kappa shape index (κ3) is 4.58. The van der Waals surface area contributed by atoms with Gasteiger partial charge < -0.3 is 4.57 Å². The highest BCUT2D eigenvalue weighted by Crippen LogP contribution is 2.45. The predicted molar refractivity (Wildman–Crippen MR) is 206 cm³/mol. The quantitative estimate of drug-likeness (QED) is 0.179. The largest absolute Gasteiger partial charge is 0.308 e. The van der Waals surface area contributed by atoms with E-state index in [9.17, 15) is 15.8 Å². The zero-order valence-electron chi connectivity index (χ0n) is 27.3. The molecule has 0 saturated heterocycles. The SMILES string of the molecule is N#Cc1cc(-c2c(C#N)cc(-c3c4ccccc4c(-c4ccccc4)c4ccccc34)cc2C#N)ccc1-n1c2ccccc2c2ccccc21. The lowest BCUT2D eigenvalue weighted by Gasteiger charge is -2.19. The van der Waals surface area contributed by atoms with Gasteiger partial charge in [-0.2, -0.15) is 15.8 Å². The van der Waals surface area contributed by atoms with Crippen molar-refractivity contribution in [2.75, 3.05) is 0 Å². The van der Waals surface area contributed by atoms with E-state index in [-0.39, 0.29) is 0 Å². The summed E-state index contributed by atoms with van der Waals surface area (Å²) in [6.07, 6.45) is 0. The van der Waals surface area contributed by atoms with Gasteiger partial charge in [0.2, 0.25) is 0 Å². The van der Waals surface area contributed by atoms with Crippen LogP contribution in [0.5, 0.6) is 0 Å². The molecule has 0 aliphatic heterocycles. The molecule has 9 rings (SSSR count). The van der Waals surface area contributed by atoms with Gasteiger partial charge in [-0.05, 0) is 85.8 Å². The molecule has 234 valence electrons. The van der Waals surface area contributed by atoms with Crippen LogP contribution < -0.4 is 0 Å². The number of nitriles is 3. The average molecular weight is 647 g/mol.